The molecule has 102 valence electrons. The van der Waals surface area contributed by atoms with Crippen molar-refractivity contribution in [1.82, 2.24) is 15.3 Å². The lowest BCUT2D eigenvalue weighted by Gasteiger charge is -2.55. The van der Waals surface area contributed by atoms with Crippen LogP contribution in [0.3, 0.4) is 0 Å². The molecule has 0 aromatic carbocycles. The SMILES string of the molecule is CNCc1cnc(C23CC4CC(CC(C4)C2)C3)nc1. The summed E-state index contributed by atoms with van der Waals surface area (Å²) in [5.74, 6) is 4.04. The third-order valence-electron chi connectivity index (χ3n) is 5.60. The van der Waals surface area contributed by atoms with Gasteiger partial charge in [0.05, 0.1) is 0 Å². The van der Waals surface area contributed by atoms with Crippen molar-refractivity contribution >= 4 is 0 Å². The van der Waals surface area contributed by atoms with Crippen molar-refractivity contribution < 1.29 is 0 Å². The third kappa shape index (κ3) is 1.90. The fourth-order valence-corrected chi connectivity index (χ4v) is 5.31. The molecule has 0 unspecified atom stereocenters. The van der Waals surface area contributed by atoms with Gasteiger partial charge in [-0.2, -0.15) is 0 Å². The number of nitrogens with zero attached hydrogens (tertiary/aromatic N) is 2. The largest absolute Gasteiger partial charge is 0.316 e. The Labute approximate surface area is 115 Å². The van der Waals surface area contributed by atoms with Crippen LogP contribution >= 0.6 is 0 Å². The second-order valence-corrected chi connectivity index (χ2v) is 7.14. The maximum absolute atomic E-state index is 4.74. The smallest absolute Gasteiger partial charge is 0.134 e. The molecular weight excluding hydrogens is 234 g/mol. The van der Waals surface area contributed by atoms with Crippen LogP contribution in [-0.4, -0.2) is 17.0 Å². The van der Waals surface area contributed by atoms with Crippen molar-refractivity contribution in [2.45, 2.75) is 50.5 Å². The second-order valence-electron chi connectivity index (χ2n) is 7.14. The van der Waals surface area contributed by atoms with Crippen LogP contribution in [0.5, 0.6) is 0 Å². The van der Waals surface area contributed by atoms with Gasteiger partial charge in [0, 0.05) is 29.9 Å². The predicted octanol–water partition coefficient (Wildman–Crippen LogP) is 2.66. The summed E-state index contributed by atoms with van der Waals surface area (Å²) in [7, 11) is 1.97. The van der Waals surface area contributed by atoms with Gasteiger partial charge in [-0.25, -0.2) is 9.97 Å². The first kappa shape index (κ1) is 11.8. The van der Waals surface area contributed by atoms with Gasteiger partial charge in [-0.3, -0.25) is 0 Å². The predicted molar refractivity (Wildman–Crippen MR) is 74.6 cm³/mol. The molecule has 5 rings (SSSR count). The van der Waals surface area contributed by atoms with Crippen molar-refractivity contribution in [3.8, 4) is 0 Å². The van der Waals surface area contributed by atoms with E-state index in [1.807, 2.05) is 19.4 Å². The summed E-state index contributed by atoms with van der Waals surface area (Å²) in [6.45, 7) is 0.862. The Morgan fingerprint density at radius 2 is 1.58 bits per heavy atom. The quantitative estimate of drug-likeness (QED) is 0.904. The van der Waals surface area contributed by atoms with E-state index in [1.165, 1.54) is 44.1 Å². The Balaban J connectivity index is 1.64. The maximum Gasteiger partial charge on any atom is 0.134 e. The second kappa shape index (κ2) is 4.27. The first-order valence-electron chi connectivity index (χ1n) is 7.73. The van der Waals surface area contributed by atoms with Crippen molar-refractivity contribution in [3.05, 3.63) is 23.8 Å². The fourth-order valence-electron chi connectivity index (χ4n) is 5.31. The van der Waals surface area contributed by atoms with Crippen LogP contribution in [0.1, 0.15) is 49.9 Å². The average Bonchev–Trinajstić information content (AvgIpc) is 2.38. The first-order chi connectivity index (χ1) is 9.27. The molecule has 4 saturated carbocycles. The summed E-state index contributed by atoms with van der Waals surface area (Å²) in [6, 6.07) is 0. The van der Waals surface area contributed by atoms with Gasteiger partial charge < -0.3 is 5.32 Å². The molecule has 4 bridgehead atoms. The topological polar surface area (TPSA) is 37.8 Å². The zero-order chi connectivity index (χ0) is 12.9. The van der Waals surface area contributed by atoms with Crippen LogP contribution in [0.25, 0.3) is 0 Å². The molecule has 4 aliphatic rings. The van der Waals surface area contributed by atoms with E-state index in [-0.39, 0.29) is 0 Å². The summed E-state index contributed by atoms with van der Waals surface area (Å²) >= 11 is 0. The number of hydrogen-bond donors (Lipinski definition) is 1. The number of aromatic nitrogens is 2. The highest BCUT2D eigenvalue weighted by Gasteiger charge is 2.52. The molecule has 0 saturated heterocycles. The van der Waals surface area contributed by atoms with Gasteiger partial charge in [-0.1, -0.05) is 0 Å². The Morgan fingerprint density at radius 1 is 1.05 bits per heavy atom. The molecule has 3 nitrogen and oxygen atoms in total. The maximum atomic E-state index is 4.74. The number of rotatable bonds is 3. The van der Waals surface area contributed by atoms with E-state index in [2.05, 4.69) is 5.32 Å². The first-order valence-corrected chi connectivity index (χ1v) is 7.73. The van der Waals surface area contributed by atoms with Gasteiger partial charge >= 0.3 is 0 Å². The number of hydrogen-bond acceptors (Lipinski definition) is 3. The number of nitrogens with one attached hydrogen (secondary N) is 1. The molecule has 0 spiro atoms. The minimum Gasteiger partial charge on any atom is -0.316 e. The molecule has 0 aliphatic heterocycles. The molecule has 4 fully saturated rings. The summed E-state index contributed by atoms with van der Waals surface area (Å²) in [5.41, 5.74) is 1.53. The van der Waals surface area contributed by atoms with Crippen LogP contribution in [-0.2, 0) is 12.0 Å². The van der Waals surface area contributed by atoms with Gasteiger partial charge in [0.2, 0.25) is 0 Å². The van der Waals surface area contributed by atoms with E-state index in [0.717, 1.165) is 30.1 Å². The highest BCUT2D eigenvalue weighted by Crippen LogP contribution is 2.59. The van der Waals surface area contributed by atoms with Gasteiger partial charge in [-0.05, 0) is 63.3 Å². The van der Waals surface area contributed by atoms with Crippen LogP contribution in [0.15, 0.2) is 12.4 Å². The summed E-state index contributed by atoms with van der Waals surface area (Å²) < 4.78 is 0. The van der Waals surface area contributed by atoms with Gasteiger partial charge in [0.15, 0.2) is 0 Å². The summed E-state index contributed by atoms with van der Waals surface area (Å²) in [6.07, 6.45) is 12.6. The molecule has 1 aromatic heterocycles. The Hall–Kier alpha value is -0.960. The van der Waals surface area contributed by atoms with E-state index in [1.54, 1.807) is 0 Å². The van der Waals surface area contributed by atoms with E-state index in [4.69, 9.17) is 9.97 Å². The molecule has 0 amide bonds. The monoisotopic (exact) mass is 257 g/mol. The van der Waals surface area contributed by atoms with Crippen LogP contribution in [0, 0.1) is 17.8 Å². The van der Waals surface area contributed by atoms with E-state index in [9.17, 15) is 0 Å². The molecule has 0 atom stereocenters. The zero-order valence-electron chi connectivity index (χ0n) is 11.7. The minimum absolute atomic E-state index is 0.340. The van der Waals surface area contributed by atoms with E-state index >= 15 is 0 Å². The minimum atomic E-state index is 0.340. The van der Waals surface area contributed by atoms with E-state index in [0.29, 0.717) is 5.41 Å². The lowest BCUT2D eigenvalue weighted by molar-refractivity contribution is -0.00942. The molecular formula is C16H23N3. The van der Waals surface area contributed by atoms with Gasteiger partial charge in [-0.15, -0.1) is 0 Å². The highest BCUT2D eigenvalue weighted by atomic mass is 14.9. The summed E-state index contributed by atoms with van der Waals surface area (Å²) in [5, 5.41) is 3.16. The van der Waals surface area contributed by atoms with Crippen molar-refractivity contribution in [1.29, 1.82) is 0 Å². The van der Waals surface area contributed by atoms with Crippen molar-refractivity contribution in [3.63, 3.8) is 0 Å². The van der Waals surface area contributed by atoms with Crippen LogP contribution in [0.4, 0.5) is 0 Å². The zero-order valence-corrected chi connectivity index (χ0v) is 11.7. The van der Waals surface area contributed by atoms with E-state index < -0.39 is 0 Å². The lowest BCUT2D eigenvalue weighted by atomic mass is 9.49. The average molecular weight is 257 g/mol. The normalized spacial score (nSPS) is 39.7. The highest BCUT2D eigenvalue weighted by molar-refractivity contribution is 5.18. The van der Waals surface area contributed by atoms with Crippen molar-refractivity contribution in [2.24, 2.45) is 17.8 Å². The molecule has 1 N–H and O–H groups in total. The third-order valence-corrected chi connectivity index (χ3v) is 5.60. The Bertz CT molecular complexity index is 430. The van der Waals surface area contributed by atoms with Gasteiger partial charge in [0.1, 0.15) is 5.82 Å². The Morgan fingerprint density at radius 3 is 2.05 bits per heavy atom. The standard InChI is InChI=1S/C16H23N3/c1-17-8-14-9-18-15(19-10-14)16-5-11-2-12(6-16)4-13(3-11)7-16/h9-13,17H,2-8H2,1H3. The molecule has 0 radical (unpaired) electrons. The molecule has 3 heteroatoms. The lowest BCUT2D eigenvalue weighted by Crippen LogP contribution is -2.49. The summed E-state index contributed by atoms with van der Waals surface area (Å²) in [4.78, 5) is 9.47. The molecule has 4 aliphatic carbocycles. The molecule has 1 heterocycles. The molecule has 19 heavy (non-hydrogen) atoms. The van der Waals surface area contributed by atoms with Crippen LogP contribution < -0.4 is 5.32 Å². The van der Waals surface area contributed by atoms with Crippen LogP contribution in [0.2, 0.25) is 0 Å². The van der Waals surface area contributed by atoms with Crippen molar-refractivity contribution in [2.75, 3.05) is 7.05 Å². The fraction of sp³-hybridized carbons (Fsp3) is 0.750. The van der Waals surface area contributed by atoms with Gasteiger partial charge in [0.25, 0.3) is 0 Å². The Kier molecular flexibility index (Phi) is 2.66. The molecule has 1 aromatic rings.